The lowest BCUT2D eigenvalue weighted by Crippen LogP contribution is -2.47. The second kappa shape index (κ2) is 7.74. The fourth-order valence-corrected chi connectivity index (χ4v) is 4.49. The number of hydrogen-bond donors (Lipinski definition) is 4. The highest BCUT2D eigenvalue weighted by Gasteiger charge is 2.44. The summed E-state index contributed by atoms with van der Waals surface area (Å²) in [4.78, 5) is 28.5. The minimum atomic E-state index is -0.222. The van der Waals surface area contributed by atoms with E-state index in [2.05, 4.69) is 37.3 Å². The maximum absolute atomic E-state index is 12.5. The van der Waals surface area contributed by atoms with Crippen molar-refractivity contribution >= 4 is 28.8 Å². The molecule has 2 amide bonds. The zero-order chi connectivity index (χ0) is 20.5. The molecule has 2 fully saturated rings. The Hall–Kier alpha value is -3.08. The Labute approximate surface area is 169 Å². The number of carbonyl (C=O) groups excluding carboxylic acids is 1. The third-order valence-corrected chi connectivity index (χ3v) is 6.02. The largest absolute Gasteiger partial charge is 0.368 e. The summed E-state index contributed by atoms with van der Waals surface area (Å²) in [6, 6.07) is 2.18. The molecular weight excluding hydrogens is 372 g/mol. The lowest BCUT2D eigenvalue weighted by Gasteiger charge is -2.28. The van der Waals surface area contributed by atoms with Gasteiger partial charge in [0.25, 0.3) is 0 Å². The van der Waals surface area contributed by atoms with Gasteiger partial charge >= 0.3 is 6.03 Å². The molecule has 2 aliphatic rings. The van der Waals surface area contributed by atoms with Crippen LogP contribution in [0.1, 0.15) is 19.8 Å². The average Bonchev–Trinajstić information content (AvgIpc) is 3.40. The van der Waals surface area contributed by atoms with Crippen molar-refractivity contribution < 1.29 is 4.79 Å². The lowest BCUT2D eigenvalue weighted by atomic mass is 10.0. The van der Waals surface area contributed by atoms with Crippen LogP contribution in [0.2, 0.25) is 0 Å². The van der Waals surface area contributed by atoms with Crippen LogP contribution in [0.4, 0.5) is 10.6 Å². The van der Waals surface area contributed by atoms with Gasteiger partial charge in [-0.1, -0.05) is 0 Å². The molecule has 1 aliphatic carbocycles. The summed E-state index contributed by atoms with van der Waals surface area (Å²) in [6.45, 7) is 3.78. The van der Waals surface area contributed by atoms with Gasteiger partial charge in [-0.2, -0.15) is 0 Å². The Morgan fingerprint density at radius 1 is 1.38 bits per heavy atom. The molecule has 1 saturated heterocycles. The highest BCUT2D eigenvalue weighted by molar-refractivity contribution is 5.95. The standard InChI is InChI=1S/C18H28N10O/c1-3-28(20)25-17(19)24-18(29)27-8-11-6-13(7-12(11)9-27)26(2)16-14-4-5-21-15(14)22-10-23-16/h4-5,10-13H,3,6-9,20H2,1-2H3,(H,21,22,23)(H3,19,24,25,29)/t11-,12+,13+. The monoisotopic (exact) mass is 400 g/mol. The van der Waals surface area contributed by atoms with Gasteiger partial charge in [0.15, 0.2) is 0 Å². The third kappa shape index (κ3) is 3.77. The Bertz CT molecular complexity index is 897. The minimum absolute atomic E-state index is 0.00769. The van der Waals surface area contributed by atoms with E-state index in [4.69, 9.17) is 11.6 Å². The molecule has 11 heteroatoms. The van der Waals surface area contributed by atoms with E-state index < -0.39 is 0 Å². The number of nitrogens with zero attached hydrogens (tertiary/aromatic N) is 6. The Morgan fingerprint density at radius 3 is 2.79 bits per heavy atom. The van der Waals surface area contributed by atoms with Crippen molar-refractivity contribution in [2.24, 2.45) is 28.5 Å². The van der Waals surface area contributed by atoms with Crippen LogP contribution in [0.25, 0.3) is 11.0 Å². The molecule has 0 radical (unpaired) electrons. The molecular formula is C18H28N10O. The maximum Gasteiger partial charge on any atom is 0.324 e. The number of aromatic nitrogens is 3. The fraction of sp³-hybridized carbons (Fsp3) is 0.556. The van der Waals surface area contributed by atoms with Gasteiger partial charge in [0.1, 0.15) is 17.8 Å². The zero-order valence-electron chi connectivity index (χ0n) is 16.7. The summed E-state index contributed by atoms with van der Waals surface area (Å²) < 4.78 is 0. The summed E-state index contributed by atoms with van der Waals surface area (Å²) in [6.07, 6.45) is 5.53. The van der Waals surface area contributed by atoms with Crippen LogP contribution in [0.15, 0.2) is 23.7 Å². The predicted octanol–water partition coefficient (Wildman–Crippen LogP) is 0.239. The number of hydrazone groups is 1. The number of carbonyl (C=O) groups is 1. The van der Waals surface area contributed by atoms with Gasteiger partial charge in [-0.25, -0.2) is 25.7 Å². The molecule has 1 saturated carbocycles. The van der Waals surface area contributed by atoms with Gasteiger partial charge < -0.3 is 20.5 Å². The molecule has 0 spiro atoms. The van der Waals surface area contributed by atoms with Crippen LogP contribution in [0.3, 0.4) is 0 Å². The van der Waals surface area contributed by atoms with Crippen molar-refractivity contribution in [3.8, 4) is 0 Å². The number of amides is 2. The van der Waals surface area contributed by atoms with Crippen molar-refractivity contribution in [2.75, 3.05) is 31.6 Å². The SMILES string of the molecule is CCN(N)/N=C(\N)NC(=O)N1C[C@H]2C[C@H](N(C)c3ncnc4[nH]ccc34)C[C@H]2C1. The van der Waals surface area contributed by atoms with E-state index in [-0.39, 0.29) is 12.0 Å². The summed E-state index contributed by atoms with van der Waals surface area (Å²) in [5, 5.41) is 8.72. The van der Waals surface area contributed by atoms with Crippen molar-refractivity contribution in [1.82, 2.24) is 30.3 Å². The third-order valence-electron chi connectivity index (χ3n) is 6.02. The number of likely N-dealkylation sites (tertiary alicyclic amines) is 1. The van der Waals surface area contributed by atoms with Crippen molar-refractivity contribution in [3.05, 3.63) is 18.6 Å². The number of aromatic amines is 1. The molecule has 11 nitrogen and oxygen atoms in total. The Morgan fingerprint density at radius 2 is 2.10 bits per heavy atom. The van der Waals surface area contributed by atoms with Crippen LogP contribution in [-0.4, -0.2) is 69.7 Å². The molecule has 29 heavy (non-hydrogen) atoms. The number of nitrogens with one attached hydrogen (secondary N) is 2. The quantitative estimate of drug-likeness (QED) is 0.249. The molecule has 156 valence electrons. The first-order valence-electron chi connectivity index (χ1n) is 9.89. The van der Waals surface area contributed by atoms with Crippen LogP contribution in [0, 0.1) is 11.8 Å². The van der Waals surface area contributed by atoms with Crippen LogP contribution >= 0.6 is 0 Å². The zero-order valence-corrected chi connectivity index (χ0v) is 16.7. The van der Waals surface area contributed by atoms with Gasteiger partial charge in [0.05, 0.1) is 11.9 Å². The average molecular weight is 400 g/mol. The minimum Gasteiger partial charge on any atom is -0.368 e. The number of guanidine groups is 1. The van der Waals surface area contributed by atoms with Crippen molar-refractivity contribution in [3.63, 3.8) is 0 Å². The predicted molar refractivity (Wildman–Crippen MR) is 111 cm³/mol. The Kier molecular flexibility index (Phi) is 5.14. The number of fused-ring (bicyclic) bond motifs is 2. The fourth-order valence-electron chi connectivity index (χ4n) is 4.49. The van der Waals surface area contributed by atoms with Gasteiger partial charge in [-0.05, 0) is 37.7 Å². The molecule has 0 aromatic carbocycles. The van der Waals surface area contributed by atoms with E-state index in [1.807, 2.05) is 24.1 Å². The van der Waals surface area contributed by atoms with E-state index in [9.17, 15) is 4.79 Å². The number of nitrogens with two attached hydrogens (primary N) is 2. The number of H-pyrrole nitrogens is 1. The van der Waals surface area contributed by atoms with Gasteiger partial charge in [0, 0.05) is 32.4 Å². The molecule has 1 aliphatic heterocycles. The first kappa shape index (κ1) is 19.2. The van der Waals surface area contributed by atoms with E-state index in [0.717, 1.165) is 42.8 Å². The van der Waals surface area contributed by atoms with Gasteiger partial charge in [-0.15, -0.1) is 5.10 Å². The highest BCUT2D eigenvalue weighted by Crippen LogP contribution is 2.41. The van der Waals surface area contributed by atoms with Gasteiger partial charge in [0.2, 0.25) is 5.96 Å². The molecule has 3 heterocycles. The summed E-state index contributed by atoms with van der Waals surface area (Å²) in [5.41, 5.74) is 6.59. The summed E-state index contributed by atoms with van der Waals surface area (Å²) >= 11 is 0. The lowest BCUT2D eigenvalue weighted by molar-refractivity contribution is 0.209. The molecule has 0 bridgehead atoms. The second-order valence-corrected chi connectivity index (χ2v) is 7.77. The second-order valence-electron chi connectivity index (χ2n) is 7.77. The first-order chi connectivity index (χ1) is 14.0. The highest BCUT2D eigenvalue weighted by atomic mass is 16.2. The molecule has 3 atom stereocenters. The summed E-state index contributed by atoms with van der Waals surface area (Å²) in [5.74, 6) is 7.47. The van der Waals surface area contributed by atoms with Crippen LogP contribution in [-0.2, 0) is 0 Å². The van der Waals surface area contributed by atoms with Crippen LogP contribution in [0.5, 0.6) is 0 Å². The normalized spacial score (nSPS) is 24.0. The molecule has 2 aromatic rings. The topological polar surface area (TPSA) is 145 Å². The number of anilines is 1. The molecule has 6 N–H and O–H groups in total. The van der Waals surface area contributed by atoms with Gasteiger partial charge in [-0.3, -0.25) is 5.32 Å². The smallest absolute Gasteiger partial charge is 0.324 e. The summed E-state index contributed by atoms with van der Waals surface area (Å²) in [7, 11) is 2.09. The first-order valence-corrected chi connectivity index (χ1v) is 9.89. The molecule has 4 rings (SSSR count). The van der Waals surface area contributed by atoms with E-state index in [0.29, 0.717) is 24.4 Å². The number of hydrogen-bond acceptors (Lipinski definition) is 7. The van der Waals surface area contributed by atoms with Crippen LogP contribution < -0.4 is 21.8 Å². The van der Waals surface area contributed by atoms with Crippen molar-refractivity contribution in [1.29, 1.82) is 0 Å². The maximum atomic E-state index is 12.5. The van der Waals surface area contributed by atoms with Crippen molar-refractivity contribution in [2.45, 2.75) is 25.8 Å². The van der Waals surface area contributed by atoms with E-state index >= 15 is 0 Å². The van der Waals surface area contributed by atoms with E-state index in [1.165, 1.54) is 5.12 Å². The molecule has 2 aromatic heterocycles. The number of rotatable bonds is 4. The number of urea groups is 1. The Balaban J connectivity index is 1.36. The van der Waals surface area contributed by atoms with E-state index in [1.54, 1.807) is 6.33 Å². The number of hydrazine groups is 1. The molecule has 0 unspecified atom stereocenters.